The van der Waals surface area contributed by atoms with Crippen LogP contribution in [-0.4, -0.2) is 46.9 Å². The van der Waals surface area contributed by atoms with Crippen molar-refractivity contribution in [2.75, 3.05) is 13.1 Å². The van der Waals surface area contributed by atoms with E-state index in [0.717, 1.165) is 0 Å². The Hall–Kier alpha value is -1.62. The number of aliphatic hydroxyl groups excluding tert-OH is 1. The molecule has 0 rings (SSSR count). The molecular formula is C11H18N2O3. The van der Waals surface area contributed by atoms with Crippen LogP contribution >= 0.6 is 0 Å². The molecule has 0 spiro atoms. The van der Waals surface area contributed by atoms with Gasteiger partial charge in [0.15, 0.2) is 0 Å². The molecule has 0 saturated carbocycles. The molecule has 5 nitrogen and oxygen atoms in total. The van der Waals surface area contributed by atoms with Gasteiger partial charge in [0, 0.05) is 13.1 Å². The van der Waals surface area contributed by atoms with Crippen LogP contribution in [0.1, 0.15) is 12.8 Å². The second-order valence-electron chi connectivity index (χ2n) is 3.28. The van der Waals surface area contributed by atoms with E-state index < -0.39 is 6.10 Å². The topological polar surface area (TPSA) is 60.9 Å². The fraction of sp³-hybridized carbons (Fsp3) is 0.455. The van der Waals surface area contributed by atoms with Gasteiger partial charge in [0.1, 0.15) is 0 Å². The highest BCUT2D eigenvalue weighted by Gasteiger charge is 2.07. The van der Waals surface area contributed by atoms with Crippen molar-refractivity contribution in [2.24, 2.45) is 0 Å². The van der Waals surface area contributed by atoms with Crippen LogP contribution in [0.15, 0.2) is 25.6 Å². The lowest BCUT2D eigenvalue weighted by atomic mass is 10.2. The van der Waals surface area contributed by atoms with Crippen molar-refractivity contribution in [2.45, 2.75) is 18.9 Å². The Morgan fingerprint density at radius 1 is 1.00 bits per heavy atom. The summed E-state index contributed by atoms with van der Waals surface area (Å²) < 4.78 is 0. The number of amides is 2. The molecule has 1 N–H and O–H groups in total. The quantitative estimate of drug-likeness (QED) is 0.546. The van der Waals surface area contributed by atoms with E-state index in [0.29, 0.717) is 38.8 Å². The monoisotopic (exact) mass is 226 g/mol. The van der Waals surface area contributed by atoms with E-state index in [-0.39, 0.29) is 0 Å². The van der Waals surface area contributed by atoms with Crippen LogP contribution < -0.4 is 0 Å². The molecule has 0 radical (unpaired) electrons. The largest absolute Gasteiger partial charge is 0.393 e. The number of rotatable bonds is 10. The Morgan fingerprint density at radius 2 is 1.38 bits per heavy atom. The first kappa shape index (κ1) is 14.4. The number of hydrogen-bond acceptors (Lipinski definition) is 3. The molecule has 5 heteroatoms. The first-order valence-electron chi connectivity index (χ1n) is 5.03. The average molecular weight is 226 g/mol. The molecule has 0 aliphatic rings. The van der Waals surface area contributed by atoms with Gasteiger partial charge in [-0.3, -0.25) is 9.59 Å². The summed E-state index contributed by atoms with van der Waals surface area (Å²) in [4.78, 5) is 23.5. The minimum Gasteiger partial charge on any atom is -0.393 e. The Bertz CT molecular complexity index is 203. The molecule has 16 heavy (non-hydrogen) atoms. The summed E-state index contributed by atoms with van der Waals surface area (Å²) in [5.74, 6) is 0. The van der Waals surface area contributed by atoms with Crippen molar-refractivity contribution in [3.8, 4) is 0 Å². The third-order valence-corrected chi connectivity index (χ3v) is 2.18. The maximum atomic E-state index is 10.4. The average Bonchev–Trinajstić information content (AvgIpc) is 2.31. The molecule has 0 aromatic carbocycles. The minimum atomic E-state index is -0.551. The molecule has 0 heterocycles. The third-order valence-electron chi connectivity index (χ3n) is 2.18. The lowest BCUT2D eigenvalue weighted by Crippen LogP contribution is -2.25. The number of carbonyl (C=O) groups is 2. The third kappa shape index (κ3) is 5.98. The Morgan fingerprint density at radius 3 is 1.62 bits per heavy atom. The highest BCUT2D eigenvalue weighted by atomic mass is 16.3. The molecule has 0 aromatic rings. The summed E-state index contributed by atoms with van der Waals surface area (Å²) in [7, 11) is 0. The molecule has 0 unspecified atom stereocenters. The van der Waals surface area contributed by atoms with E-state index in [9.17, 15) is 14.7 Å². The lowest BCUT2D eigenvalue weighted by Gasteiger charge is -2.17. The fourth-order valence-corrected chi connectivity index (χ4v) is 1.11. The van der Waals surface area contributed by atoms with Crippen molar-refractivity contribution >= 4 is 12.8 Å². The Kier molecular flexibility index (Phi) is 7.79. The van der Waals surface area contributed by atoms with E-state index in [1.807, 2.05) is 0 Å². The van der Waals surface area contributed by atoms with Crippen molar-refractivity contribution < 1.29 is 14.7 Å². The number of hydrogen-bond donors (Lipinski definition) is 1. The van der Waals surface area contributed by atoms with Gasteiger partial charge in [-0.1, -0.05) is 13.2 Å². The van der Waals surface area contributed by atoms with Crippen LogP contribution in [-0.2, 0) is 9.59 Å². The zero-order valence-corrected chi connectivity index (χ0v) is 9.29. The summed E-state index contributed by atoms with van der Waals surface area (Å²) in [5, 5.41) is 9.58. The standard InChI is InChI=1S/C11H18N2O3/c1-3-12(9-14)7-5-11(16)6-8-13(4-2)10-15/h3-4,9-11,16H,1-2,5-8H2. The molecule has 0 saturated heterocycles. The smallest absolute Gasteiger partial charge is 0.213 e. The van der Waals surface area contributed by atoms with Gasteiger partial charge < -0.3 is 14.9 Å². The van der Waals surface area contributed by atoms with Gasteiger partial charge in [-0.2, -0.15) is 0 Å². The zero-order chi connectivity index (χ0) is 12.4. The van der Waals surface area contributed by atoms with Crippen molar-refractivity contribution in [3.63, 3.8) is 0 Å². The highest BCUT2D eigenvalue weighted by Crippen LogP contribution is 2.01. The van der Waals surface area contributed by atoms with Crippen molar-refractivity contribution in [3.05, 3.63) is 25.6 Å². The van der Waals surface area contributed by atoms with Gasteiger partial charge in [-0.25, -0.2) is 0 Å². The SMILES string of the molecule is C=CN(C=O)CCC(O)CCN(C=C)C=O. The maximum Gasteiger partial charge on any atom is 0.213 e. The molecule has 90 valence electrons. The van der Waals surface area contributed by atoms with Crippen LogP contribution in [0.3, 0.4) is 0 Å². The summed E-state index contributed by atoms with van der Waals surface area (Å²) in [6.07, 6.45) is 4.47. The lowest BCUT2D eigenvalue weighted by molar-refractivity contribution is -0.116. The second-order valence-corrected chi connectivity index (χ2v) is 3.28. The molecule has 0 atom stereocenters. The minimum absolute atomic E-state index is 0.420. The van der Waals surface area contributed by atoms with E-state index in [2.05, 4.69) is 13.2 Å². The number of carbonyl (C=O) groups excluding carboxylic acids is 2. The van der Waals surface area contributed by atoms with Gasteiger partial charge in [-0.15, -0.1) is 0 Å². The molecule has 0 fully saturated rings. The summed E-state index contributed by atoms with van der Waals surface area (Å²) in [5.41, 5.74) is 0. The van der Waals surface area contributed by atoms with Crippen LogP contribution in [0, 0.1) is 0 Å². The van der Waals surface area contributed by atoms with E-state index in [1.165, 1.54) is 22.2 Å². The summed E-state index contributed by atoms with van der Waals surface area (Å²) in [6.45, 7) is 7.75. The predicted octanol–water partition coefficient (Wildman–Crippen LogP) is 0.331. The van der Waals surface area contributed by atoms with Gasteiger partial charge in [0.2, 0.25) is 12.8 Å². The first-order valence-corrected chi connectivity index (χ1v) is 5.03. The fourth-order valence-electron chi connectivity index (χ4n) is 1.11. The second kappa shape index (κ2) is 8.67. The van der Waals surface area contributed by atoms with Gasteiger partial charge in [-0.05, 0) is 25.2 Å². The Balaban J connectivity index is 3.76. The molecule has 0 bridgehead atoms. The first-order chi connectivity index (χ1) is 7.67. The van der Waals surface area contributed by atoms with Gasteiger partial charge in [0.05, 0.1) is 6.10 Å². The van der Waals surface area contributed by atoms with Crippen LogP contribution in [0.2, 0.25) is 0 Å². The normalized spacial score (nSPS) is 9.62. The van der Waals surface area contributed by atoms with E-state index >= 15 is 0 Å². The van der Waals surface area contributed by atoms with E-state index in [1.54, 1.807) is 0 Å². The van der Waals surface area contributed by atoms with Crippen LogP contribution in [0.4, 0.5) is 0 Å². The summed E-state index contributed by atoms with van der Waals surface area (Å²) in [6, 6.07) is 0. The number of nitrogens with zero attached hydrogens (tertiary/aromatic N) is 2. The number of aliphatic hydroxyl groups is 1. The Labute approximate surface area is 95.6 Å². The van der Waals surface area contributed by atoms with Gasteiger partial charge in [0.25, 0.3) is 0 Å². The highest BCUT2D eigenvalue weighted by molar-refractivity contribution is 5.49. The summed E-state index contributed by atoms with van der Waals surface area (Å²) >= 11 is 0. The van der Waals surface area contributed by atoms with Crippen LogP contribution in [0.5, 0.6) is 0 Å². The van der Waals surface area contributed by atoms with Crippen molar-refractivity contribution in [1.82, 2.24) is 9.80 Å². The molecule has 0 aromatic heterocycles. The van der Waals surface area contributed by atoms with Gasteiger partial charge >= 0.3 is 0 Å². The molecule has 0 aliphatic heterocycles. The predicted molar refractivity (Wildman–Crippen MR) is 61.2 cm³/mol. The molecule has 0 aliphatic carbocycles. The molecule has 2 amide bonds. The van der Waals surface area contributed by atoms with E-state index in [4.69, 9.17) is 0 Å². The maximum absolute atomic E-state index is 10.4. The van der Waals surface area contributed by atoms with Crippen molar-refractivity contribution in [1.29, 1.82) is 0 Å². The zero-order valence-electron chi connectivity index (χ0n) is 9.29. The van der Waals surface area contributed by atoms with Crippen LogP contribution in [0.25, 0.3) is 0 Å². The molecular weight excluding hydrogens is 208 g/mol.